The molecule has 1 unspecified atom stereocenters. The van der Waals surface area contributed by atoms with Crippen LogP contribution in [0.5, 0.6) is 11.5 Å². The Hall–Kier alpha value is -2.90. The number of rotatable bonds is 8. The number of amides is 1. The lowest BCUT2D eigenvalue weighted by Gasteiger charge is -2.20. The third kappa shape index (κ3) is 5.34. The summed E-state index contributed by atoms with van der Waals surface area (Å²) in [7, 11) is 0. The topological polar surface area (TPSA) is 71.9 Å². The standard InChI is InChI=1S/C22H24N2O4S/c1-4-20(25)16-8-10-18(11-9-16)28-24(22-23-12-13-29-22)21(26)17-6-5-7-19(14-17)27-15(2)3/h5-15,20,25H,4H2,1-3H3. The molecule has 1 atom stereocenters. The molecule has 0 saturated heterocycles. The molecule has 0 fully saturated rings. The van der Waals surface area contributed by atoms with E-state index in [1.54, 1.807) is 54.0 Å². The van der Waals surface area contributed by atoms with Gasteiger partial charge in [0.2, 0.25) is 5.13 Å². The van der Waals surface area contributed by atoms with Crippen LogP contribution in [0.15, 0.2) is 60.1 Å². The van der Waals surface area contributed by atoms with E-state index in [1.807, 2.05) is 26.8 Å². The summed E-state index contributed by atoms with van der Waals surface area (Å²) in [5, 5.41) is 13.3. The monoisotopic (exact) mass is 412 g/mol. The van der Waals surface area contributed by atoms with Gasteiger partial charge in [0.05, 0.1) is 12.2 Å². The van der Waals surface area contributed by atoms with Crippen LogP contribution in [0.1, 0.15) is 49.2 Å². The number of hydrogen-bond donors (Lipinski definition) is 1. The molecule has 7 heteroatoms. The number of thiazole rings is 1. The van der Waals surface area contributed by atoms with E-state index in [-0.39, 0.29) is 12.0 Å². The number of anilines is 1. The molecular formula is C22H24N2O4S. The number of ether oxygens (including phenoxy) is 1. The van der Waals surface area contributed by atoms with Gasteiger partial charge in [-0.1, -0.05) is 25.1 Å². The highest BCUT2D eigenvalue weighted by Gasteiger charge is 2.23. The molecule has 0 saturated carbocycles. The molecule has 29 heavy (non-hydrogen) atoms. The van der Waals surface area contributed by atoms with Crippen LogP contribution in [0, 0.1) is 0 Å². The lowest BCUT2D eigenvalue weighted by molar-refractivity contribution is 0.0879. The van der Waals surface area contributed by atoms with Crippen LogP contribution in [0.25, 0.3) is 0 Å². The number of hydrogen-bond acceptors (Lipinski definition) is 6. The lowest BCUT2D eigenvalue weighted by atomic mass is 10.1. The summed E-state index contributed by atoms with van der Waals surface area (Å²) in [5.41, 5.74) is 1.22. The van der Waals surface area contributed by atoms with Gasteiger partial charge in [-0.15, -0.1) is 16.4 Å². The minimum absolute atomic E-state index is 0.00338. The average Bonchev–Trinajstić information content (AvgIpc) is 3.25. The zero-order chi connectivity index (χ0) is 20.8. The summed E-state index contributed by atoms with van der Waals surface area (Å²) in [6, 6.07) is 14.0. The summed E-state index contributed by atoms with van der Waals surface area (Å²) >= 11 is 1.30. The van der Waals surface area contributed by atoms with Crippen LogP contribution >= 0.6 is 11.3 Å². The molecule has 1 amide bonds. The molecule has 152 valence electrons. The zero-order valence-electron chi connectivity index (χ0n) is 16.6. The van der Waals surface area contributed by atoms with Crippen LogP contribution in [-0.4, -0.2) is 22.1 Å². The third-order valence-electron chi connectivity index (χ3n) is 4.08. The van der Waals surface area contributed by atoms with Crippen molar-refractivity contribution in [3.8, 4) is 11.5 Å². The highest BCUT2D eigenvalue weighted by atomic mass is 32.1. The minimum atomic E-state index is -0.524. The summed E-state index contributed by atoms with van der Waals surface area (Å²) < 4.78 is 5.69. The number of aliphatic hydroxyl groups is 1. The normalized spacial score (nSPS) is 11.9. The van der Waals surface area contributed by atoms with E-state index in [0.29, 0.717) is 28.6 Å². The fourth-order valence-corrected chi connectivity index (χ4v) is 3.25. The highest BCUT2D eigenvalue weighted by molar-refractivity contribution is 7.13. The molecule has 3 rings (SSSR count). The van der Waals surface area contributed by atoms with Gasteiger partial charge in [-0.2, -0.15) is 0 Å². The largest absolute Gasteiger partial charge is 0.491 e. The summed E-state index contributed by atoms with van der Waals surface area (Å²) in [6.07, 6.45) is 1.72. The Balaban J connectivity index is 1.85. The van der Waals surface area contributed by atoms with Crippen molar-refractivity contribution in [1.82, 2.24) is 4.98 Å². The molecule has 0 aliphatic carbocycles. The molecule has 0 spiro atoms. The fourth-order valence-electron chi connectivity index (χ4n) is 2.67. The van der Waals surface area contributed by atoms with Crippen LogP contribution in [0.4, 0.5) is 5.13 Å². The van der Waals surface area contributed by atoms with Crippen molar-refractivity contribution in [2.75, 3.05) is 5.06 Å². The van der Waals surface area contributed by atoms with Crippen molar-refractivity contribution in [2.24, 2.45) is 0 Å². The quantitative estimate of drug-likeness (QED) is 0.526. The number of hydroxylamine groups is 1. The van der Waals surface area contributed by atoms with Gasteiger partial charge in [-0.3, -0.25) is 4.79 Å². The molecule has 1 aromatic heterocycles. The maximum Gasteiger partial charge on any atom is 0.293 e. The first-order valence-electron chi connectivity index (χ1n) is 9.44. The second-order valence-corrected chi connectivity index (χ2v) is 7.57. The fraction of sp³-hybridized carbons (Fsp3) is 0.273. The van der Waals surface area contributed by atoms with Crippen molar-refractivity contribution >= 4 is 22.4 Å². The average molecular weight is 413 g/mol. The SMILES string of the molecule is CCC(O)c1ccc(ON(C(=O)c2cccc(OC(C)C)c2)c2nccs2)cc1. The van der Waals surface area contributed by atoms with Crippen molar-refractivity contribution in [2.45, 2.75) is 39.4 Å². The lowest BCUT2D eigenvalue weighted by Crippen LogP contribution is -2.34. The number of aromatic nitrogens is 1. The zero-order valence-corrected chi connectivity index (χ0v) is 17.4. The van der Waals surface area contributed by atoms with Crippen LogP contribution in [0.2, 0.25) is 0 Å². The Morgan fingerprint density at radius 3 is 2.55 bits per heavy atom. The van der Waals surface area contributed by atoms with Crippen molar-refractivity contribution in [1.29, 1.82) is 0 Å². The smallest absolute Gasteiger partial charge is 0.293 e. The van der Waals surface area contributed by atoms with Crippen molar-refractivity contribution in [3.05, 3.63) is 71.2 Å². The molecule has 6 nitrogen and oxygen atoms in total. The number of aliphatic hydroxyl groups excluding tert-OH is 1. The van der Waals surface area contributed by atoms with Gasteiger partial charge < -0.3 is 14.7 Å². The Kier molecular flexibility index (Phi) is 6.85. The van der Waals surface area contributed by atoms with E-state index in [0.717, 1.165) is 5.56 Å². The second kappa shape index (κ2) is 9.54. The first-order valence-corrected chi connectivity index (χ1v) is 10.3. The molecule has 0 radical (unpaired) electrons. The predicted molar refractivity (Wildman–Crippen MR) is 113 cm³/mol. The molecule has 0 aliphatic rings. The molecule has 2 aromatic carbocycles. The number of benzene rings is 2. The Bertz CT molecular complexity index is 926. The first kappa shape index (κ1) is 20.8. The number of carbonyl (C=O) groups is 1. The Morgan fingerprint density at radius 2 is 1.93 bits per heavy atom. The third-order valence-corrected chi connectivity index (χ3v) is 4.82. The maximum absolute atomic E-state index is 13.2. The molecule has 0 bridgehead atoms. The van der Waals surface area contributed by atoms with Gasteiger partial charge in [-0.05, 0) is 56.2 Å². The molecule has 1 N–H and O–H groups in total. The van der Waals surface area contributed by atoms with E-state index in [2.05, 4.69) is 4.98 Å². The van der Waals surface area contributed by atoms with Crippen LogP contribution in [-0.2, 0) is 0 Å². The van der Waals surface area contributed by atoms with Gasteiger partial charge >= 0.3 is 0 Å². The summed E-state index contributed by atoms with van der Waals surface area (Å²) in [4.78, 5) is 23.3. The van der Waals surface area contributed by atoms with Crippen molar-refractivity contribution in [3.63, 3.8) is 0 Å². The predicted octanol–water partition coefficient (Wildman–Crippen LogP) is 5.01. The first-order chi connectivity index (χ1) is 14.0. The Labute approximate surface area is 174 Å². The van der Waals surface area contributed by atoms with Gasteiger partial charge in [0.25, 0.3) is 5.91 Å². The van der Waals surface area contributed by atoms with E-state index < -0.39 is 6.10 Å². The van der Waals surface area contributed by atoms with E-state index >= 15 is 0 Å². The highest BCUT2D eigenvalue weighted by Crippen LogP contribution is 2.26. The van der Waals surface area contributed by atoms with E-state index in [4.69, 9.17) is 9.57 Å². The van der Waals surface area contributed by atoms with Crippen LogP contribution in [0.3, 0.4) is 0 Å². The van der Waals surface area contributed by atoms with Gasteiger partial charge in [0, 0.05) is 17.1 Å². The summed E-state index contributed by atoms with van der Waals surface area (Å²) in [6.45, 7) is 5.77. The van der Waals surface area contributed by atoms with Gasteiger partial charge in [0.15, 0.2) is 5.75 Å². The van der Waals surface area contributed by atoms with Crippen LogP contribution < -0.4 is 14.6 Å². The minimum Gasteiger partial charge on any atom is -0.491 e. The molecule has 1 heterocycles. The molecule has 0 aliphatic heterocycles. The Morgan fingerprint density at radius 1 is 1.17 bits per heavy atom. The summed E-state index contributed by atoms with van der Waals surface area (Å²) in [5.74, 6) is 0.727. The molecular weight excluding hydrogens is 388 g/mol. The second-order valence-electron chi connectivity index (χ2n) is 6.69. The molecule has 3 aromatic rings. The number of carbonyl (C=O) groups excluding carboxylic acids is 1. The van der Waals surface area contributed by atoms with Gasteiger partial charge in [-0.25, -0.2) is 4.98 Å². The van der Waals surface area contributed by atoms with Crippen molar-refractivity contribution < 1.29 is 19.5 Å². The maximum atomic E-state index is 13.2. The van der Waals surface area contributed by atoms with E-state index in [9.17, 15) is 9.90 Å². The van der Waals surface area contributed by atoms with Gasteiger partial charge in [0.1, 0.15) is 5.75 Å². The number of nitrogens with zero attached hydrogens (tertiary/aromatic N) is 2. The van der Waals surface area contributed by atoms with E-state index in [1.165, 1.54) is 16.4 Å².